The third kappa shape index (κ3) is 3.06. The van der Waals surface area contributed by atoms with E-state index in [0.29, 0.717) is 6.04 Å². The van der Waals surface area contributed by atoms with Gasteiger partial charge in [-0.25, -0.2) is 0 Å². The topological polar surface area (TPSA) is 23.5 Å². The predicted octanol–water partition coefficient (Wildman–Crippen LogP) is 2.84. The van der Waals surface area contributed by atoms with Crippen LogP contribution in [0.4, 0.5) is 0 Å². The standard InChI is InChI=1S/C14H23NO/c1-5-11(2)15(4)12(3)14(16)13-9-7-6-8-10-13/h6-12,14,16H,5H2,1-4H3. The van der Waals surface area contributed by atoms with Crippen LogP contribution in [-0.4, -0.2) is 29.1 Å². The summed E-state index contributed by atoms with van der Waals surface area (Å²) in [7, 11) is 2.07. The molecule has 3 unspecified atom stereocenters. The highest BCUT2D eigenvalue weighted by Gasteiger charge is 2.22. The van der Waals surface area contributed by atoms with E-state index in [4.69, 9.17) is 0 Å². The first-order valence-corrected chi connectivity index (χ1v) is 6.02. The molecule has 0 fully saturated rings. The molecule has 0 saturated carbocycles. The normalized spacial score (nSPS) is 17.1. The summed E-state index contributed by atoms with van der Waals surface area (Å²) in [6, 6.07) is 10.5. The van der Waals surface area contributed by atoms with Crippen LogP contribution in [0.3, 0.4) is 0 Å². The highest BCUT2D eigenvalue weighted by atomic mass is 16.3. The Labute approximate surface area is 98.9 Å². The number of hydrogen-bond acceptors (Lipinski definition) is 2. The maximum absolute atomic E-state index is 10.3. The number of rotatable bonds is 5. The van der Waals surface area contributed by atoms with Crippen LogP contribution < -0.4 is 0 Å². The molecule has 1 aromatic rings. The quantitative estimate of drug-likeness (QED) is 0.826. The predicted molar refractivity (Wildman–Crippen MR) is 68.4 cm³/mol. The van der Waals surface area contributed by atoms with Crippen molar-refractivity contribution in [1.82, 2.24) is 4.90 Å². The molecule has 3 atom stereocenters. The van der Waals surface area contributed by atoms with E-state index in [1.165, 1.54) is 0 Å². The van der Waals surface area contributed by atoms with E-state index >= 15 is 0 Å². The SMILES string of the molecule is CCC(C)N(C)C(C)C(O)c1ccccc1. The fourth-order valence-corrected chi connectivity index (χ4v) is 1.84. The number of aliphatic hydroxyl groups is 1. The molecule has 0 saturated heterocycles. The van der Waals surface area contributed by atoms with Gasteiger partial charge in [-0.15, -0.1) is 0 Å². The molecular weight excluding hydrogens is 198 g/mol. The van der Waals surface area contributed by atoms with Crippen LogP contribution in [0.1, 0.15) is 38.9 Å². The maximum atomic E-state index is 10.3. The summed E-state index contributed by atoms with van der Waals surface area (Å²) in [4.78, 5) is 2.23. The molecule has 2 heteroatoms. The average Bonchev–Trinajstić information content (AvgIpc) is 2.36. The number of nitrogens with zero attached hydrogens (tertiary/aromatic N) is 1. The fraction of sp³-hybridized carbons (Fsp3) is 0.571. The van der Waals surface area contributed by atoms with Crippen LogP contribution >= 0.6 is 0 Å². The van der Waals surface area contributed by atoms with Gasteiger partial charge < -0.3 is 5.11 Å². The van der Waals surface area contributed by atoms with E-state index in [1.807, 2.05) is 30.3 Å². The van der Waals surface area contributed by atoms with Gasteiger partial charge in [0.05, 0.1) is 6.10 Å². The minimum absolute atomic E-state index is 0.136. The van der Waals surface area contributed by atoms with Crippen molar-refractivity contribution in [3.63, 3.8) is 0 Å². The van der Waals surface area contributed by atoms with Crippen LogP contribution in [0.5, 0.6) is 0 Å². The zero-order valence-electron chi connectivity index (χ0n) is 10.7. The van der Waals surface area contributed by atoms with Crippen molar-refractivity contribution in [2.24, 2.45) is 0 Å². The molecule has 0 aliphatic rings. The summed E-state index contributed by atoms with van der Waals surface area (Å²) < 4.78 is 0. The van der Waals surface area contributed by atoms with E-state index in [-0.39, 0.29) is 6.04 Å². The fourth-order valence-electron chi connectivity index (χ4n) is 1.84. The molecule has 0 spiro atoms. The molecule has 0 bridgehead atoms. The minimum Gasteiger partial charge on any atom is -0.387 e. The third-order valence-corrected chi connectivity index (χ3v) is 3.53. The number of benzene rings is 1. The molecular formula is C14H23NO. The number of likely N-dealkylation sites (N-methyl/N-ethyl adjacent to an activating group) is 1. The molecule has 1 rings (SSSR count). The highest BCUT2D eigenvalue weighted by molar-refractivity contribution is 5.18. The molecule has 0 aromatic heterocycles. The lowest BCUT2D eigenvalue weighted by atomic mass is 10.0. The van der Waals surface area contributed by atoms with Gasteiger partial charge in [-0.1, -0.05) is 37.3 Å². The van der Waals surface area contributed by atoms with Crippen LogP contribution in [0.15, 0.2) is 30.3 Å². The lowest BCUT2D eigenvalue weighted by molar-refractivity contribution is 0.0522. The van der Waals surface area contributed by atoms with E-state index in [9.17, 15) is 5.11 Å². The van der Waals surface area contributed by atoms with Crippen molar-refractivity contribution in [3.05, 3.63) is 35.9 Å². The number of hydrogen-bond donors (Lipinski definition) is 1. The largest absolute Gasteiger partial charge is 0.387 e. The second-order valence-electron chi connectivity index (χ2n) is 4.52. The van der Waals surface area contributed by atoms with Crippen molar-refractivity contribution < 1.29 is 5.11 Å². The molecule has 2 nitrogen and oxygen atoms in total. The van der Waals surface area contributed by atoms with E-state index in [2.05, 4.69) is 32.7 Å². The number of aliphatic hydroxyl groups excluding tert-OH is 1. The first-order chi connectivity index (χ1) is 7.57. The molecule has 0 amide bonds. The maximum Gasteiger partial charge on any atom is 0.0942 e. The Hall–Kier alpha value is -0.860. The van der Waals surface area contributed by atoms with Gasteiger partial charge in [-0.3, -0.25) is 4.90 Å². The van der Waals surface area contributed by atoms with Crippen molar-refractivity contribution in [2.45, 2.75) is 45.4 Å². The average molecular weight is 221 g/mol. The van der Waals surface area contributed by atoms with Gasteiger partial charge in [0.2, 0.25) is 0 Å². The summed E-state index contributed by atoms with van der Waals surface area (Å²) in [5.74, 6) is 0. The Balaban J connectivity index is 2.71. The highest BCUT2D eigenvalue weighted by Crippen LogP contribution is 2.21. The van der Waals surface area contributed by atoms with E-state index in [1.54, 1.807) is 0 Å². The van der Waals surface area contributed by atoms with Crippen LogP contribution in [0.2, 0.25) is 0 Å². The molecule has 0 heterocycles. The Morgan fingerprint density at radius 1 is 1.19 bits per heavy atom. The molecule has 90 valence electrons. The first kappa shape index (κ1) is 13.2. The van der Waals surface area contributed by atoms with Gasteiger partial charge in [-0.05, 0) is 32.9 Å². The van der Waals surface area contributed by atoms with Crippen molar-refractivity contribution >= 4 is 0 Å². The summed E-state index contributed by atoms with van der Waals surface area (Å²) in [6.07, 6.45) is 0.683. The second kappa shape index (κ2) is 6.02. The summed E-state index contributed by atoms with van der Waals surface area (Å²) in [5, 5.41) is 10.3. The van der Waals surface area contributed by atoms with Crippen LogP contribution in [-0.2, 0) is 0 Å². The zero-order chi connectivity index (χ0) is 12.1. The van der Waals surface area contributed by atoms with Gasteiger partial charge >= 0.3 is 0 Å². The first-order valence-electron chi connectivity index (χ1n) is 6.02. The van der Waals surface area contributed by atoms with Crippen molar-refractivity contribution in [2.75, 3.05) is 7.05 Å². The lowest BCUT2D eigenvalue weighted by Crippen LogP contribution is -2.40. The Kier molecular flexibility index (Phi) is 4.97. The molecule has 1 N–H and O–H groups in total. The van der Waals surface area contributed by atoms with Crippen LogP contribution in [0.25, 0.3) is 0 Å². The monoisotopic (exact) mass is 221 g/mol. The summed E-state index contributed by atoms with van der Waals surface area (Å²) in [6.45, 7) is 6.43. The molecule has 16 heavy (non-hydrogen) atoms. The van der Waals surface area contributed by atoms with Gasteiger partial charge in [-0.2, -0.15) is 0 Å². The van der Waals surface area contributed by atoms with Crippen LogP contribution in [0, 0.1) is 0 Å². The van der Waals surface area contributed by atoms with Crippen molar-refractivity contribution in [1.29, 1.82) is 0 Å². The minimum atomic E-state index is -0.416. The Bertz CT molecular complexity index is 299. The Morgan fingerprint density at radius 3 is 2.25 bits per heavy atom. The van der Waals surface area contributed by atoms with Gasteiger partial charge in [0, 0.05) is 12.1 Å². The zero-order valence-corrected chi connectivity index (χ0v) is 10.7. The van der Waals surface area contributed by atoms with Gasteiger partial charge in [0.15, 0.2) is 0 Å². The smallest absolute Gasteiger partial charge is 0.0942 e. The molecule has 0 aliphatic heterocycles. The second-order valence-corrected chi connectivity index (χ2v) is 4.52. The molecule has 1 aromatic carbocycles. The molecule has 0 aliphatic carbocycles. The molecule has 0 radical (unpaired) electrons. The van der Waals surface area contributed by atoms with E-state index in [0.717, 1.165) is 12.0 Å². The van der Waals surface area contributed by atoms with E-state index < -0.39 is 6.10 Å². The summed E-state index contributed by atoms with van der Waals surface area (Å²) in [5.41, 5.74) is 0.991. The Morgan fingerprint density at radius 2 is 1.75 bits per heavy atom. The summed E-state index contributed by atoms with van der Waals surface area (Å²) >= 11 is 0. The lowest BCUT2D eigenvalue weighted by Gasteiger charge is -2.33. The van der Waals surface area contributed by atoms with Crippen molar-refractivity contribution in [3.8, 4) is 0 Å². The third-order valence-electron chi connectivity index (χ3n) is 3.53. The van der Waals surface area contributed by atoms with Gasteiger partial charge in [0.25, 0.3) is 0 Å². The van der Waals surface area contributed by atoms with Gasteiger partial charge in [0.1, 0.15) is 0 Å².